The van der Waals surface area contributed by atoms with Gasteiger partial charge in [-0.3, -0.25) is 9.48 Å². The molecule has 0 bridgehead atoms. The Balaban J connectivity index is 1.34. The third-order valence-electron chi connectivity index (χ3n) is 6.44. The molecule has 2 aliphatic heterocycles. The molecule has 5 heteroatoms. The van der Waals surface area contributed by atoms with Crippen molar-refractivity contribution >= 4 is 5.91 Å². The maximum atomic E-state index is 13.1. The lowest BCUT2D eigenvalue weighted by atomic mass is 9.77. The molecule has 1 atom stereocenters. The zero-order valence-corrected chi connectivity index (χ0v) is 14.9. The second-order valence-corrected chi connectivity index (χ2v) is 8.23. The van der Waals surface area contributed by atoms with Crippen LogP contribution in [0.15, 0.2) is 12.4 Å². The average Bonchev–Trinajstić information content (AvgIpc) is 3.12. The van der Waals surface area contributed by atoms with Crippen molar-refractivity contribution in [3.8, 4) is 0 Å². The second-order valence-electron chi connectivity index (χ2n) is 8.23. The number of nitrogens with zero attached hydrogens (tertiary/aromatic N) is 4. The van der Waals surface area contributed by atoms with Gasteiger partial charge in [-0.2, -0.15) is 5.10 Å². The van der Waals surface area contributed by atoms with Crippen LogP contribution in [0, 0.1) is 11.3 Å². The minimum atomic E-state index is -0.0725. The van der Waals surface area contributed by atoms with E-state index in [1.807, 2.05) is 17.9 Å². The highest BCUT2D eigenvalue weighted by Gasteiger charge is 2.48. The molecule has 3 aliphatic rings. The summed E-state index contributed by atoms with van der Waals surface area (Å²) in [6.07, 6.45) is 12.4. The largest absolute Gasteiger partial charge is 0.342 e. The molecule has 0 aromatic carbocycles. The van der Waals surface area contributed by atoms with Crippen LogP contribution < -0.4 is 0 Å². The molecule has 1 spiro atoms. The minimum Gasteiger partial charge on any atom is -0.342 e. The van der Waals surface area contributed by atoms with Crippen LogP contribution in [0.2, 0.25) is 0 Å². The summed E-state index contributed by atoms with van der Waals surface area (Å²) < 4.78 is 1.86. The van der Waals surface area contributed by atoms with Crippen molar-refractivity contribution in [1.82, 2.24) is 19.6 Å². The minimum absolute atomic E-state index is 0.0725. The third kappa shape index (κ3) is 3.10. The molecule has 0 unspecified atom stereocenters. The van der Waals surface area contributed by atoms with E-state index >= 15 is 0 Å². The molecule has 1 aromatic heterocycles. The molecule has 1 aromatic rings. The van der Waals surface area contributed by atoms with Crippen LogP contribution >= 0.6 is 0 Å². The first-order valence-electron chi connectivity index (χ1n) is 9.64. The quantitative estimate of drug-likeness (QED) is 0.830. The van der Waals surface area contributed by atoms with Crippen molar-refractivity contribution < 1.29 is 4.79 Å². The number of piperidine rings is 1. The smallest absolute Gasteiger partial charge is 0.230 e. The predicted octanol–water partition coefficient (Wildman–Crippen LogP) is 2.08. The van der Waals surface area contributed by atoms with E-state index in [2.05, 4.69) is 21.1 Å². The van der Waals surface area contributed by atoms with E-state index in [0.717, 1.165) is 57.9 Å². The van der Waals surface area contributed by atoms with E-state index in [1.165, 1.54) is 31.2 Å². The molecule has 2 saturated heterocycles. The fourth-order valence-corrected chi connectivity index (χ4v) is 4.73. The molecule has 1 amide bonds. The van der Waals surface area contributed by atoms with Gasteiger partial charge in [0.15, 0.2) is 0 Å². The maximum Gasteiger partial charge on any atom is 0.230 e. The summed E-state index contributed by atoms with van der Waals surface area (Å²) in [5, 5.41) is 4.25. The van der Waals surface area contributed by atoms with E-state index in [1.54, 1.807) is 0 Å². The van der Waals surface area contributed by atoms with Crippen molar-refractivity contribution in [2.24, 2.45) is 18.4 Å². The number of likely N-dealkylation sites (tertiary alicyclic amines) is 2. The molecule has 24 heavy (non-hydrogen) atoms. The van der Waals surface area contributed by atoms with E-state index < -0.39 is 0 Å². The number of hydrogen-bond acceptors (Lipinski definition) is 3. The van der Waals surface area contributed by atoms with Crippen molar-refractivity contribution in [2.45, 2.75) is 44.9 Å². The SMILES string of the molecule is Cn1cc(CCN2CC[C@@]3(CCCN(CC4CCC4)C3=O)C2)cn1. The van der Waals surface area contributed by atoms with Gasteiger partial charge in [-0.05, 0) is 56.6 Å². The van der Waals surface area contributed by atoms with Gasteiger partial charge in [0, 0.05) is 39.4 Å². The second kappa shape index (κ2) is 6.51. The number of rotatable bonds is 5. The lowest BCUT2D eigenvalue weighted by Gasteiger charge is -2.42. The van der Waals surface area contributed by atoms with Crippen LogP contribution in [-0.4, -0.2) is 58.2 Å². The molecule has 1 saturated carbocycles. The molecular weight excluding hydrogens is 300 g/mol. The van der Waals surface area contributed by atoms with Crippen molar-refractivity contribution in [2.75, 3.05) is 32.7 Å². The third-order valence-corrected chi connectivity index (χ3v) is 6.44. The molecular formula is C19H30N4O. The van der Waals surface area contributed by atoms with Crippen LogP contribution in [0.1, 0.15) is 44.1 Å². The Hall–Kier alpha value is -1.36. The summed E-state index contributed by atoms with van der Waals surface area (Å²) in [4.78, 5) is 17.8. The normalized spacial score (nSPS) is 28.7. The van der Waals surface area contributed by atoms with Crippen LogP contribution in [-0.2, 0) is 18.3 Å². The van der Waals surface area contributed by atoms with Gasteiger partial charge in [0.2, 0.25) is 5.91 Å². The van der Waals surface area contributed by atoms with Crippen LogP contribution in [0.25, 0.3) is 0 Å². The molecule has 132 valence electrons. The monoisotopic (exact) mass is 330 g/mol. The number of amides is 1. The first-order valence-corrected chi connectivity index (χ1v) is 9.64. The average molecular weight is 330 g/mol. The number of carbonyl (C=O) groups is 1. The Morgan fingerprint density at radius 1 is 1.25 bits per heavy atom. The highest BCUT2D eigenvalue weighted by atomic mass is 16.2. The Labute approximate surface area is 145 Å². The van der Waals surface area contributed by atoms with E-state index in [0.29, 0.717) is 5.91 Å². The lowest BCUT2D eigenvalue weighted by Crippen LogP contribution is -2.51. The van der Waals surface area contributed by atoms with E-state index in [9.17, 15) is 4.79 Å². The molecule has 3 heterocycles. The lowest BCUT2D eigenvalue weighted by molar-refractivity contribution is -0.146. The van der Waals surface area contributed by atoms with Crippen molar-refractivity contribution in [1.29, 1.82) is 0 Å². The Bertz CT molecular complexity index is 594. The zero-order chi connectivity index (χ0) is 16.6. The predicted molar refractivity (Wildman–Crippen MR) is 93.6 cm³/mol. The summed E-state index contributed by atoms with van der Waals surface area (Å²) in [5.41, 5.74) is 1.22. The van der Waals surface area contributed by atoms with E-state index in [-0.39, 0.29) is 5.41 Å². The van der Waals surface area contributed by atoms with Gasteiger partial charge in [0.25, 0.3) is 0 Å². The summed E-state index contributed by atoms with van der Waals surface area (Å²) in [6.45, 7) is 5.10. The Morgan fingerprint density at radius 3 is 2.83 bits per heavy atom. The van der Waals surface area contributed by atoms with Crippen LogP contribution in [0.4, 0.5) is 0 Å². The number of hydrogen-bond donors (Lipinski definition) is 0. The molecule has 5 nitrogen and oxygen atoms in total. The molecule has 4 rings (SSSR count). The topological polar surface area (TPSA) is 41.4 Å². The van der Waals surface area contributed by atoms with Gasteiger partial charge in [-0.25, -0.2) is 0 Å². The van der Waals surface area contributed by atoms with Gasteiger partial charge in [0.1, 0.15) is 0 Å². The molecule has 1 aliphatic carbocycles. The highest BCUT2D eigenvalue weighted by Crippen LogP contribution is 2.41. The molecule has 3 fully saturated rings. The maximum absolute atomic E-state index is 13.1. The van der Waals surface area contributed by atoms with Crippen LogP contribution in [0.3, 0.4) is 0 Å². The van der Waals surface area contributed by atoms with E-state index in [4.69, 9.17) is 0 Å². The van der Waals surface area contributed by atoms with Gasteiger partial charge >= 0.3 is 0 Å². The Kier molecular flexibility index (Phi) is 4.37. The van der Waals surface area contributed by atoms with Gasteiger partial charge in [-0.1, -0.05) is 6.42 Å². The first kappa shape index (κ1) is 16.1. The number of carbonyl (C=O) groups excluding carboxylic acids is 1. The fraction of sp³-hybridized carbons (Fsp3) is 0.789. The van der Waals surface area contributed by atoms with Gasteiger partial charge in [-0.15, -0.1) is 0 Å². The summed E-state index contributed by atoms with van der Waals surface area (Å²) in [6, 6.07) is 0. The number of aryl methyl sites for hydroxylation is 1. The van der Waals surface area contributed by atoms with Crippen molar-refractivity contribution in [3.63, 3.8) is 0 Å². The summed E-state index contributed by atoms with van der Waals surface area (Å²) in [7, 11) is 1.96. The summed E-state index contributed by atoms with van der Waals surface area (Å²) >= 11 is 0. The van der Waals surface area contributed by atoms with Crippen molar-refractivity contribution in [3.05, 3.63) is 18.0 Å². The van der Waals surface area contributed by atoms with Crippen LogP contribution in [0.5, 0.6) is 0 Å². The zero-order valence-electron chi connectivity index (χ0n) is 14.9. The number of aromatic nitrogens is 2. The Morgan fingerprint density at radius 2 is 2.12 bits per heavy atom. The van der Waals surface area contributed by atoms with Gasteiger partial charge in [0.05, 0.1) is 11.6 Å². The van der Waals surface area contributed by atoms with Gasteiger partial charge < -0.3 is 9.80 Å². The first-order chi connectivity index (χ1) is 11.6. The fourth-order valence-electron chi connectivity index (χ4n) is 4.73. The summed E-state index contributed by atoms with van der Waals surface area (Å²) in [5.74, 6) is 1.25. The molecule has 0 N–H and O–H groups in total. The standard InChI is InChI=1S/C19H30N4O/c1-21-13-17(12-20-21)6-10-22-11-8-19(15-22)7-3-9-23(18(19)24)14-16-4-2-5-16/h12-13,16H,2-11,14-15H2,1H3/t19-/m0/s1. The highest BCUT2D eigenvalue weighted by molar-refractivity contribution is 5.84. The molecule has 0 radical (unpaired) electrons.